The van der Waals surface area contributed by atoms with Crippen molar-refractivity contribution in [3.05, 3.63) is 77.2 Å². The molecule has 0 bridgehead atoms. The van der Waals surface area contributed by atoms with Gasteiger partial charge in [0.2, 0.25) is 0 Å². The number of amides is 1. The van der Waals surface area contributed by atoms with E-state index in [9.17, 15) is 14.0 Å². The molecular formula is C29H30FN5O2. The highest BCUT2D eigenvalue weighted by Gasteiger charge is 2.27. The Hall–Kier alpha value is -4.07. The lowest BCUT2D eigenvalue weighted by atomic mass is 10.0. The maximum absolute atomic E-state index is 14.7. The van der Waals surface area contributed by atoms with Crippen molar-refractivity contribution in [1.82, 2.24) is 19.7 Å². The van der Waals surface area contributed by atoms with Crippen LogP contribution in [-0.2, 0) is 0 Å². The summed E-state index contributed by atoms with van der Waals surface area (Å²) in [5, 5.41) is 5.26. The molecule has 1 aliphatic heterocycles. The molecule has 190 valence electrons. The average Bonchev–Trinajstić information content (AvgIpc) is 3.32. The van der Waals surface area contributed by atoms with Crippen LogP contribution in [0, 0.1) is 12.7 Å². The summed E-state index contributed by atoms with van der Waals surface area (Å²) in [4.78, 5) is 34.0. The number of nitrogens with zero attached hydrogens (tertiary/aromatic N) is 5. The van der Waals surface area contributed by atoms with Crippen molar-refractivity contribution in [3.8, 4) is 11.3 Å². The van der Waals surface area contributed by atoms with Crippen LogP contribution >= 0.6 is 0 Å². The smallest absolute Gasteiger partial charge is 0.254 e. The highest BCUT2D eigenvalue weighted by Crippen LogP contribution is 2.30. The van der Waals surface area contributed by atoms with E-state index in [0.29, 0.717) is 48.6 Å². The highest BCUT2D eigenvalue weighted by atomic mass is 19.1. The van der Waals surface area contributed by atoms with E-state index >= 15 is 0 Å². The first-order valence-electron chi connectivity index (χ1n) is 12.5. The number of carbonyl (C=O) groups is 2. The second-order valence-corrected chi connectivity index (χ2v) is 9.79. The topological polar surface area (TPSA) is 71.3 Å². The van der Waals surface area contributed by atoms with E-state index in [0.717, 1.165) is 22.2 Å². The van der Waals surface area contributed by atoms with Gasteiger partial charge in [-0.2, -0.15) is 5.10 Å². The largest absolute Gasteiger partial charge is 0.366 e. The fourth-order valence-electron chi connectivity index (χ4n) is 4.87. The van der Waals surface area contributed by atoms with E-state index in [4.69, 9.17) is 4.98 Å². The fraction of sp³-hybridized carbons (Fsp3) is 0.310. The van der Waals surface area contributed by atoms with Crippen molar-refractivity contribution in [1.29, 1.82) is 0 Å². The van der Waals surface area contributed by atoms with E-state index in [2.05, 4.69) is 5.10 Å². The number of hydrogen-bond acceptors (Lipinski definition) is 5. The summed E-state index contributed by atoms with van der Waals surface area (Å²) < 4.78 is 16.6. The van der Waals surface area contributed by atoms with Crippen LogP contribution < -0.4 is 4.90 Å². The van der Waals surface area contributed by atoms with Crippen molar-refractivity contribution in [2.24, 2.45) is 0 Å². The monoisotopic (exact) mass is 499 g/mol. The number of carbonyl (C=O) groups excluding carboxylic acids is 2. The third-order valence-corrected chi connectivity index (χ3v) is 6.97. The summed E-state index contributed by atoms with van der Waals surface area (Å²) in [6.07, 6.45) is 1.72. The van der Waals surface area contributed by atoms with Crippen LogP contribution in [0.1, 0.15) is 53.1 Å². The van der Waals surface area contributed by atoms with Crippen molar-refractivity contribution >= 4 is 28.4 Å². The molecule has 0 spiro atoms. The first-order valence-corrected chi connectivity index (χ1v) is 12.5. The molecule has 1 saturated heterocycles. The zero-order valence-corrected chi connectivity index (χ0v) is 21.5. The number of pyridine rings is 1. The summed E-state index contributed by atoms with van der Waals surface area (Å²) in [5.74, 6) is -0.680. The Morgan fingerprint density at radius 3 is 2.38 bits per heavy atom. The molecule has 0 radical (unpaired) electrons. The molecule has 37 heavy (non-hydrogen) atoms. The lowest BCUT2D eigenvalue weighted by Gasteiger charge is -2.36. The van der Waals surface area contributed by atoms with Gasteiger partial charge in [-0.15, -0.1) is 0 Å². The average molecular weight is 500 g/mol. The van der Waals surface area contributed by atoms with Crippen molar-refractivity contribution in [3.63, 3.8) is 0 Å². The SMILES string of the molecule is CC(=O)c1ccc(N2CCN(C(=O)c3cc(-c4ccccc4C)nc4c3cnn4C(C)C)CC2)c(F)c1. The van der Waals surface area contributed by atoms with Gasteiger partial charge in [0.15, 0.2) is 11.4 Å². The Balaban J connectivity index is 1.45. The first kappa shape index (κ1) is 24.6. The maximum atomic E-state index is 14.7. The van der Waals surface area contributed by atoms with Gasteiger partial charge in [0.1, 0.15) is 5.82 Å². The molecule has 1 fully saturated rings. The van der Waals surface area contributed by atoms with E-state index < -0.39 is 5.82 Å². The molecule has 7 nitrogen and oxygen atoms in total. The van der Waals surface area contributed by atoms with Gasteiger partial charge in [-0.1, -0.05) is 24.3 Å². The zero-order valence-electron chi connectivity index (χ0n) is 21.5. The predicted molar refractivity (Wildman–Crippen MR) is 143 cm³/mol. The Labute approximate surface area is 215 Å². The van der Waals surface area contributed by atoms with Crippen molar-refractivity contribution in [2.45, 2.75) is 33.7 Å². The number of fused-ring (bicyclic) bond motifs is 1. The van der Waals surface area contributed by atoms with Gasteiger partial charge in [0, 0.05) is 43.3 Å². The third kappa shape index (κ3) is 4.59. The van der Waals surface area contributed by atoms with E-state index in [-0.39, 0.29) is 17.7 Å². The van der Waals surface area contributed by atoms with Crippen molar-refractivity contribution < 1.29 is 14.0 Å². The minimum absolute atomic E-state index is 0.0856. The number of piperazine rings is 1. The van der Waals surface area contributed by atoms with Crippen LogP contribution in [0.15, 0.2) is 54.7 Å². The van der Waals surface area contributed by atoms with Crippen LogP contribution in [0.3, 0.4) is 0 Å². The zero-order chi connectivity index (χ0) is 26.3. The minimum atomic E-state index is -0.424. The lowest BCUT2D eigenvalue weighted by molar-refractivity contribution is 0.0748. The van der Waals surface area contributed by atoms with Crippen LogP contribution in [0.2, 0.25) is 0 Å². The number of halogens is 1. The van der Waals surface area contributed by atoms with Gasteiger partial charge in [-0.3, -0.25) is 9.59 Å². The van der Waals surface area contributed by atoms with Crippen LogP contribution in [0.5, 0.6) is 0 Å². The molecule has 5 rings (SSSR count). The normalized spacial score (nSPS) is 14.0. The summed E-state index contributed by atoms with van der Waals surface area (Å²) in [5.41, 5.74) is 4.85. The summed E-state index contributed by atoms with van der Waals surface area (Å²) in [6, 6.07) is 14.5. The number of benzene rings is 2. The van der Waals surface area contributed by atoms with E-state index in [1.807, 2.05) is 65.6 Å². The predicted octanol–water partition coefficient (Wildman–Crippen LogP) is 5.29. The Morgan fingerprint density at radius 2 is 1.73 bits per heavy atom. The maximum Gasteiger partial charge on any atom is 0.254 e. The molecule has 4 aromatic rings. The molecule has 0 unspecified atom stereocenters. The second kappa shape index (κ2) is 9.76. The molecule has 2 aromatic heterocycles. The number of Topliss-reactive ketones (excluding diaryl/α,β-unsaturated/α-hetero) is 1. The highest BCUT2D eigenvalue weighted by molar-refractivity contribution is 6.06. The third-order valence-electron chi connectivity index (χ3n) is 6.97. The van der Waals surface area contributed by atoms with Crippen LogP contribution in [0.4, 0.5) is 10.1 Å². The molecule has 1 aliphatic rings. The molecule has 0 atom stereocenters. The second-order valence-electron chi connectivity index (χ2n) is 9.79. The molecule has 3 heterocycles. The number of rotatable bonds is 5. The minimum Gasteiger partial charge on any atom is -0.366 e. The van der Waals surface area contributed by atoms with E-state index in [1.165, 1.54) is 13.0 Å². The Morgan fingerprint density at radius 1 is 1.00 bits per heavy atom. The molecule has 0 saturated carbocycles. The molecule has 1 amide bonds. The van der Waals surface area contributed by atoms with Crippen LogP contribution in [0.25, 0.3) is 22.3 Å². The Kier molecular flexibility index (Phi) is 6.50. The number of aryl methyl sites for hydroxylation is 1. The van der Waals surface area contributed by atoms with Gasteiger partial charge >= 0.3 is 0 Å². The van der Waals surface area contributed by atoms with Gasteiger partial charge in [0.25, 0.3) is 5.91 Å². The summed E-state index contributed by atoms with van der Waals surface area (Å²) in [6.45, 7) is 9.42. The van der Waals surface area contributed by atoms with Gasteiger partial charge in [-0.05, 0) is 57.5 Å². The molecule has 0 aliphatic carbocycles. The number of hydrogen-bond donors (Lipinski definition) is 0. The number of ketones is 1. The van der Waals surface area contributed by atoms with Crippen LogP contribution in [-0.4, -0.2) is 57.5 Å². The van der Waals surface area contributed by atoms with Gasteiger partial charge in [-0.25, -0.2) is 14.1 Å². The molecular weight excluding hydrogens is 469 g/mol. The Bertz CT molecular complexity index is 1500. The van der Waals surface area contributed by atoms with Gasteiger partial charge < -0.3 is 9.80 Å². The quantitative estimate of drug-likeness (QED) is 0.349. The van der Waals surface area contributed by atoms with Crippen molar-refractivity contribution in [2.75, 3.05) is 31.1 Å². The molecule has 2 aromatic carbocycles. The fourth-order valence-corrected chi connectivity index (χ4v) is 4.87. The molecule has 8 heteroatoms. The molecule has 0 N–H and O–H groups in total. The first-order chi connectivity index (χ1) is 17.7. The summed E-state index contributed by atoms with van der Waals surface area (Å²) in [7, 11) is 0. The number of anilines is 1. The van der Waals surface area contributed by atoms with E-state index in [1.54, 1.807) is 18.3 Å². The lowest BCUT2D eigenvalue weighted by Crippen LogP contribution is -2.49. The van der Waals surface area contributed by atoms with Gasteiger partial charge in [0.05, 0.1) is 28.5 Å². The standard InChI is InChI=1S/C29H30FN5O2/c1-18(2)35-28-24(17-31-35)23(16-26(32-28)22-8-6-5-7-19(22)3)29(37)34-13-11-33(12-14-34)27-10-9-21(20(4)36)15-25(27)30/h5-10,15-18H,11-14H2,1-4H3. The number of aromatic nitrogens is 3. The summed E-state index contributed by atoms with van der Waals surface area (Å²) >= 11 is 0.